The van der Waals surface area contributed by atoms with E-state index in [1.54, 1.807) is 5.38 Å². The van der Waals surface area contributed by atoms with E-state index in [0.717, 1.165) is 35.9 Å². The molecule has 3 aliphatic rings. The summed E-state index contributed by atoms with van der Waals surface area (Å²) >= 11 is 1.19. The first-order valence-corrected chi connectivity index (χ1v) is 12.2. The third-order valence-electron chi connectivity index (χ3n) is 6.94. The Balaban J connectivity index is 1.38. The van der Waals surface area contributed by atoms with Crippen LogP contribution in [0.3, 0.4) is 0 Å². The van der Waals surface area contributed by atoms with Crippen molar-refractivity contribution < 1.29 is 9.59 Å². The third-order valence-corrected chi connectivity index (χ3v) is 7.44. The number of aromatic nitrogens is 4. The fourth-order valence-corrected chi connectivity index (χ4v) is 5.61. The molecule has 0 N–H and O–H groups in total. The van der Waals surface area contributed by atoms with Crippen molar-refractivity contribution in [3.8, 4) is 0 Å². The normalized spacial score (nSPS) is 22.1. The Kier molecular flexibility index (Phi) is 5.69. The smallest absolute Gasteiger partial charge is 0.275 e. The van der Waals surface area contributed by atoms with Gasteiger partial charge in [-0.3, -0.25) is 14.5 Å². The number of hydrogen-bond donors (Lipinski definition) is 0. The molecule has 1 saturated carbocycles. The lowest BCUT2D eigenvalue weighted by molar-refractivity contribution is -0.119. The monoisotopic (exact) mass is 440 g/mol. The van der Waals surface area contributed by atoms with Crippen molar-refractivity contribution in [1.82, 2.24) is 24.5 Å². The average molecular weight is 441 g/mol. The van der Waals surface area contributed by atoms with E-state index >= 15 is 0 Å². The van der Waals surface area contributed by atoms with Gasteiger partial charge in [-0.1, -0.05) is 23.8 Å². The van der Waals surface area contributed by atoms with E-state index in [9.17, 15) is 9.59 Å². The van der Waals surface area contributed by atoms with E-state index in [-0.39, 0.29) is 17.7 Å². The van der Waals surface area contributed by atoms with E-state index in [1.807, 2.05) is 16.7 Å². The molecule has 1 saturated heterocycles. The predicted molar refractivity (Wildman–Crippen MR) is 117 cm³/mol. The van der Waals surface area contributed by atoms with Crippen molar-refractivity contribution in [1.29, 1.82) is 0 Å². The van der Waals surface area contributed by atoms with Gasteiger partial charge in [0.1, 0.15) is 11.6 Å². The Labute approximate surface area is 186 Å². The number of carbonyl (C=O) groups excluding carboxylic acids is 2. The maximum absolute atomic E-state index is 12.8. The Morgan fingerprint density at radius 1 is 1.16 bits per heavy atom. The molecular formula is C22H28N6O2S. The predicted octanol–water partition coefficient (Wildman–Crippen LogP) is 3.13. The summed E-state index contributed by atoms with van der Waals surface area (Å²) in [6.07, 6.45) is 8.28. The summed E-state index contributed by atoms with van der Waals surface area (Å²) in [5, 5.41) is 5.59. The molecular weight excluding hydrogens is 412 g/mol. The summed E-state index contributed by atoms with van der Waals surface area (Å²) in [4.78, 5) is 39.0. The molecule has 0 unspecified atom stereocenters. The van der Waals surface area contributed by atoms with Crippen LogP contribution in [0.4, 0.5) is 5.82 Å². The van der Waals surface area contributed by atoms with Gasteiger partial charge in [-0.15, -0.1) is 5.10 Å². The summed E-state index contributed by atoms with van der Waals surface area (Å²) < 4.78 is 3.80. The van der Waals surface area contributed by atoms with Crippen LogP contribution in [0.5, 0.6) is 0 Å². The van der Waals surface area contributed by atoms with Crippen molar-refractivity contribution in [2.24, 2.45) is 5.92 Å². The van der Waals surface area contributed by atoms with Crippen molar-refractivity contribution >= 4 is 29.2 Å². The molecule has 1 aliphatic carbocycles. The van der Waals surface area contributed by atoms with Crippen LogP contribution in [-0.2, 0) is 11.2 Å². The van der Waals surface area contributed by atoms with Gasteiger partial charge in [-0.05, 0) is 50.1 Å². The van der Waals surface area contributed by atoms with Crippen LogP contribution in [0.1, 0.15) is 78.4 Å². The molecule has 9 heteroatoms. The van der Waals surface area contributed by atoms with Crippen LogP contribution >= 0.6 is 11.5 Å². The number of anilines is 1. The molecule has 31 heavy (non-hydrogen) atoms. The van der Waals surface area contributed by atoms with Crippen molar-refractivity contribution in [2.45, 2.75) is 64.2 Å². The van der Waals surface area contributed by atoms with Gasteiger partial charge in [0.15, 0.2) is 5.69 Å². The van der Waals surface area contributed by atoms with Gasteiger partial charge in [-0.25, -0.2) is 9.97 Å². The number of aryl methyl sites for hydroxylation is 1. The van der Waals surface area contributed by atoms with Crippen molar-refractivity contribution in [3.63, 3.8) is 0 Å². The number of rotatable bonds is 4. The maximum atomic E-state index is 12.8. The fraction of sp³-hybridized carbons (Fsp3) is 0.636. The molecule has 8 nitrogen and oxygen atoms in total. The van der Waals surface area contributed by atoms with Crippen LogP contribution < -0.4 is 4.90 Å². The Morgan fingerprint density at radius 3 is 2.77 bits per heavy atom. The molecule has 2 aromatic heterocycles. The zero-order chi connectivity index (χ0) is 21.4. The molecule has 0 aromatic carbocycles. The maximum Gasteiger partial charge on any atom is 0.275 e. The Bertz CT molecular complexity index is 973. The third kappa shape index (κ3) is 4.07. The molecule has 2 fully saturated rings. The fourth-order valence-electron chi connectivity index (χ4n) is 5.18. The average Bonchev–Trinajstić information content (AvgIpc) is 3.48. The summed E-state index contributed by atoms with van der Waals surface area (Å²) in [6, 6.07) is 0. The molecule has 0 bridgehead atoms. The zero-order valence-corrected chi connectivity index (χ0v) is 18.7. The summed E-state index contributed by atoms with van der Waals surface area (Å²) in [6.45, 7) is 4.03. The van der Waals surface area contributed by atoms with Gasteiger partial charge in [0, 0.05) is 48.6 Å². The van der Waals surface area contributed by atoms with Crippen LogP contribution in [0.2, 0.25) is 0 Å². The minimum atomic E-state index is -0.0833. The minimum absolute atomic E-state index is 0.0769. The SMILES string of the molecule is Cc1nc([C@@H]2CCN(C(=O)c3csnn3)C2)nc2c1CCC(=O)N2CC1CCCCC1. The lowest BCUT2D eigenvalue weighted by atomic mass is 9.88. The molecule has 0 spiro atoms. The zero-order valence-electron chi connectivity index (χ0n) is 17.9. The number of likely N-dealkylation sites (tertiary alicyclic amines) is 1. The van der Waals surface area contributed by atoms with Gasteiger partial charge >= 0.3 is 0 Å². The first-order chi connectivity index (χ1) is 15.1. The molecule has 4 heterocycles. The van der Waals surface area contributed by atoms with Crippen LogP contribution in [0.25, 0.3) is 0 Å². The van der Waals surface area contributed by atoms with Gasteiger partial charge < -0.3 is 4.90 Å². The highest BCUT2D eigenvalue weighted by Gasteiger charge is 2.34. The highest BCUT2D eigenvalue weighted by molar-refractivity contribution is 7.03. The molecule has 164 valence electrons. The lowest BCUT2D eigenvalue weighted by Gasteiger charge is -2.33. The summed E-state index contributed by atoms with van der Waals surface area (Å²) in [7, 11) is 0. The first-order valence-electron chi connectivity index (χ1n) is 11.3. The largest absolute Gasteiger partial charge is 0.336 e. The van der Waals surface area contributed by atoms with Crippen LogP contribution in [-0.4, -0.2) is 55.9 Å². The molecule has 0 radical (unpaired) electrons. The highest BCUT2D eigenvalue weighted by atomic mass is 32.1. The van der Waals surface area contributed by atoms with Crippen LogP contribution in [0.15, 0.2) is 5.38 Å². The number of fused-ring (bicyclic) bond motifs is 1. The Morgan fingerprint density at radius 2 is 2.00 bits per heavy atom. The summed E-state index contributed by atoms with van der Waals surface area (Å²) in [5.41, 5.74) is 2.48. The van der Waals surface area contributed by atoms with Crippen molar-refractivity contribution in [2.75, 3.05) is 24.5 Å². The highest BCUT2D eigenvalue weighted by Crippen LogP contribution is 2.34. The second-order valence-electron chi connectivity index (χ2n) is 9.00. The van der Waals surface area contributed by atoms with Gasteiger partial charge in [0.2, 0.25) is 5.91 Å². The van der Waals surface area contributed by atoms with E-state index in [0.29, 0.717) is 37.5 Å². The van der Waals surface area contributed by atoms with Crippen LogP contribution in [0, 0.1) is 12.8 Å². The van der Waals surface area contributed by atoms with Gasteiger partial charge in [0.25, 0.3) is 5.91 Å². The molecule has 5 rings (SSSR count). The van der Waals surface area contributed by atoms with Gasteiger partial charge in [-0.2, -0.15) is 0 Å². The Hall–Kier alpha value is -2.42. The first kappa shape index (κ1) is 20.5. The number of hydrogen-bond acceptors (Lipinski definition) is 7. The second-order valence-corrected chi connectivity index (χ2v) is 9.61. The number of carbonyl (C=O) groups is 2. The van der Waals surface area contributed by atoms with E-state index in [1.165, 1.54) is 43.6 Å². The topological polar surface area (TPSA) is 92.2 Å². The summed E-state index contributed by atoms with van der Waals surface area (Å²) in [5.74, 6) is 2.31. The minimum Gasteiger partial charge on any atom is -0.336 e. The van der Waals surface area contributed by atoms with Gasteiger partial charge in [0.05, 0.1) is 0 Å². The van der Waals surface area contributed by atoms with E-state index in [4.69, 9.17) is 9.97 Å². The lowest BCUT2D eigenvalue weighted by Crippen LogP contribution is -2.40. The van der Waals surface area contributed by atoms with Crippen molar-refractivity contribution in [3.05, 3.63) is 28.2 Å². The number of amides is 2. The van der Waals surface area contributed by atoms with E-state index < -0.39 is 0 Å². The molecule has 2 aromatic rings. The standard InChI is InChI=1S/C22H28N6O2S/c1-14-17-7-8-19(29)28(11-15-5-3-2-4-6-15)21(17)24-20(23-14)16-9-10-27(12-16)22(30)18-13-31-26-25-18/h13,15-16H,2-12H2,1H3/t16-/m1/s1. The molecule has 2 aliphatic heterocycles. The number of nitrogens with zero attached hydrogens (tertiary/aromatic N) is 6. The van der Waals surface area contributed by atoms with E-state index in [2.05, 4.69) is 9.59 Å². The molecule has 1 atom stereocenters. The quantitative estimate of drug-likeness (QED) is 0.725. The molecule has 2 amide bonds. The second kappa shape index (κ2) is 8.61.